The first kappa shape index (κ1) is 16.3. The number of aryl methyl sites for hydroxylation is 2. The second kappa shape index (κ2) is 5.66. The zero-order valence-corrected chi connectivity index (χ0v) is 15.3. The van der Waals surface area contributed by atoms with Gasteiger partial charge in [0, 0.05) is 38.5 Å². The second-order valence-electron chi connectivity index (χ2n) is 7.09. The molecule has 0 bridgehead atoms. The van der Waals surface area contributed by atoms with Crippen molar-refractivity contribution in [1.82, 2.24) is 19.9 Å². The van der Waals surface area contributed by atoms with Crippen LogP contribution in [0.4, 0.5) is 0 Å². The lowest BCUT2D eigenvalue weighted by molar-refractivity contribution is -0.128. The van der Waals surface area contributed by atoms with Gasteiger partial charge in [-0.15, -0.1) is 11.3 Å². The third-order valence-corrected chi connectivity index (χ3v) is 6.29. The SMILES string of the molecule is CC(=O)N1CC(c2nc(C)no2)C2(C1)CN(C(=O)c1sccc1C)C2. The van der Waals surface area contributed by atoms with E-state index in [2.05, 4.69) is 10.1 Å². The Morgan fingerprint density at radius 1 is 1.28 bits per heavy atom. The normalized spacial score (nSPS) is 21.6. The maximum atomic E-state index is 12.7. The molecule has 0 radical (unpaired) electrons. The van der Waals surface area contributed by atoms with Crippen LogP contribution in [-0.4, -0.2) is 57.9 Å². The van der Waals surface area contributed by atoms with E-state index in [1.165, 1.54) is 11.3 Å². The van der Waals surface area contributed by atoms with Crippen LogP contribution in [0.5, 0.6) is 0 Å². The maximum absolute atomic E-state index is 12.7. The van der Waals surface area contributed by atoms with Gasteiger partial charge in [-0.3, -0.25) is 9.59 Å². The van der Waals surface area contributed by atoms with E-state index in [4.69, 9.17) is 4.52 Å². The van der Waals surface area contributed by atoms with Gasteiger partial charge in [0.1, 0.15) is 0 Å². The van der Waals surface area contributed by atoms with E-state index < -0.39 is 0 Å². The lowest BCUT2D eigenvalue weighted by atomic mass is 9.71. The van der Waals surface area contributed by atoms with Crippen molar-refractivity contribution in [3.8, 4) is 0 Å². The quantitative estimate of drug-likeness (QED) is 0.816. The van der Waals surface area contributed by atoms with E-state index in [-0.39, 0.29) is 23.1 Å². The molecule has 0 aliphatic carbocycles. The van der Waals surface area contributed by atoms with Crippen LogP contribution in [0.15, 0.2) is 16.0 Å². The summed E-state index contributed by atoms with van der Waals surface area (Å²) in [7, 11) is 0. The van der Waals surface area contributed by atoms with Crippen molar-refractivity contribution >= 4 is 23.2 Å². The summed E-state index contributed by atoms with van der Waals surface area (Å²) in [5, 5.41) is 5.83. The number of carbonyl (C=O) groups excluding carboxylic acids is 2. The lowest BCUT2D eigenvalue weighted by Crippen LogP contribution is -2.61. The highest BCUT2D eigenvalue weighted by atomic mass is 32.1. The summed E-state index contributed by atoms with van der Waals surface area (Å²) < 4.78 is 5.39. The van der Waals surface area contributed by atoms with Gasteiger partial charge in [0.05, 0.1) is 10.8 Å². The van der Waals surface area contributed by atoms with Gasteiger partial charge in [-0.1, -0.05) is 5.16 Å². The zero-order chi connectivity index (χ0) is 17.8. The number of rotatable bonds is 2. The van der Waals surface area contributed by atoms with E-state index in [0.29, 0.717) is 37.9 Å². The number of nitrogens with zero attached hydrogens (tertiary/aromatic N) is 4. The Balaban J connectivity index is 1.57. The summed E-state index contributed by atoms with van der Waals surface area (Å²) in [6, 6.07) is 1.96. The molecule has 2 aromatic heterocycles. The molecule has 2 fully saturated rings. The Hall–Kier alpha value is -2.22. The molecular formula is C17H20N4O3S. The highest BCUT2D eigenvalue weighted by molar-refractivity contribution is 7.12. The fourth-order valence-corrected chi connectivity index (χ4v) is 4.81. The molecule has 2 aliphatic rings. The number of amides is 2. The van der Waals surface area contributed by atoms with Crippen LogP contribution < -0.4 is 0 Å². The summed E-state index contributed by atoms with van der Waals surface area (Å²) in [6.07, 6.45) is 0. The average Bonchev–Trinajstić information content (AvgIpc) is 3.22. The molecule has 8 heteroatoms. The fourth-order valence-electron chi connectivity index (χ4n) is 3.92. The molecular weight excluding hydrogens is 340 g/mol. The second-order valence-corrected chi connectivity index (χ2v) is 8.00. The lowest BCUT2D eigenvalue weighted by Gasteiger charge is -2.49. The van der Waals surface area contributed by atoms with E-state index in [0.717, 1.165) is 10.4 Å². The number of aromatic nitrogens is 2. The predicted molar refractivity (Wildman–Crippen MR) is 91.4 cm³/mol. The highest BCUT2D eigenvalue weighted by Gasteiger charge is 2.58. The van der Waals surface area contributed by atoms with Crippen molar-refractivity contribution in [3.05, 3.63) is 33.6 Å². The molecule has 7 nitrogen and oxygen atoms in total. The Morgan fingerprint density at radius 2 is 2.00 bits per heavy atom. The topological polar surface area (TPSA) is 79.5 Å². The first-order chi connectivity index (χ1) is 11.9. The Morgan fingerprint density at radius 3 is 2.56 bits per heavy atom. The van der Waals surface area contributed by atoms with Crippen LogP contribution in [0.25, 0.3) is 0 Å². The van der Waals surface area contributed by atoms with Crippen LogP contribution in [0.2, 0.25) is 0 Å². The first-order valence-electron chi connectivity index (χ1n) is 8.29. The molecule has 132 valence electrons. The molecule has 2 aromatic rings. The van der Waals surface area contributed by atoms with Gasteiger partial charge in [0.25, 0.3) is 5.91 Å². The van der Waals surface area contributed by atoms with Crippen molar-refractivity contribution in [2.24, 2.45) is 5.41 Å². The predicted octanol–water partition coefficient (Wildman–Crippen LogP) is 1.84. The molecule has 1 unspecified atom stereocenters. The van der Waals surface area contributed by atoms with Gasteiger partial charge in [-0.2, -0.15) is 4.98 Å². The van der Waals surface area contributed by atoms with Crippen molar-refractivity contribution in [2.75, 3.05) is 26.2 Å². The van der Waals surface area contributed by atoms with Gasteiger partial charge in [-0.05, 0) is 30.9 Å². The van der Waals surface area contributed by atoms with Crippen molar-refractivity contribution < 1.29 is 14.1 Å². The summed E-state index contributed by atoms with van der Waals surface area (Å²) in [4.78, 5) is 33.5. The molecule has 0 N–H and O–H groups in total. The van der Waals surface area contributed by atoms with Crippen molar-refractivity contribution in [2.45, 2.75) is 26.7 Å². The van der Waals surface area contributed by atoms with Gasteiger partial charge >= 0.3 is 0 Å². The van der Waals surface area contributed by atoms with Gasteiger partial charge in [0.15, 0.2) is 5.82 Å². The number of hydrogen-bond donors (Lipinski definition) is 0. The average molecular weight is 360 g/mol. The number of carbonyl (C=O) groups is 2. The molecule has 4 rings (SSSR count). The molecule has 4 heterocycles. The first-order valence-corrected chi connectivity index (χ1v) is 9.17. The minimum atomic E-state index is -0.189. The molecule has 0 aromatic carbocycles. The molecule has 1 atom stereocenters. The standard InChI is InChI=1S/C17H20N4O3S/c1-10-4-5-25-14(10)16(23)21-8-17(9-21)7-20(12(3)22)6-13(17)15-18-11(2)19-24-15/h4-5,13H,6-9H2,1-3H3. The number of hydrogen-bond acceptors (Lipinski definition) is 6. The molecule has 2 aliphatic heterocycles. The van der Waals surface area contributed by atoms with Crippen LogP contribution in [0.1, 0.15) is 39.8 Å². The smallest absolute Gasteiger partial charge is 0.264 e. The molecule has 1 spiro atoms. The summed E-state index contributed by atoms with van der Waals surface area (Å²) >= 11 is 1.48. The third-order valence-electron chi connectivity index (χ3n) is 5.29. The number of thiophene rings is 1. The number of likely N-dealkylation sites (tertiary alicyclic amines) is 2. The van der Waals surface area contributed by atoms with Crippen LogP contribution in [-0.2, 0) is 4.79 Å². The molecule has 2 saturated heterocycles. The zero-order valence-electron chi connectivity index (χ0n) is 14.5. The third kappa shape index (κ3) is 2.55. The van der Waals surface area contributed by atoms with E-state index in [1.54, 1.807) is 13.8 Å². The van der Waals surface area contributed by atoms with Gasteiger partial charge in [-0.25, -0.2) is 0 Å². The minimum absolute atomic E-state index is 0.0221. The summed E-state index contributed by atoms with van der Waals surface area (Å²) in [5.74, 6) is 1.25. The Labute approximate surface area is 149 Å². The highest BCUT2D eigenvalue weighted by Crippen LogP contribution is 2.49. The van der Waals surface area contributed by atoms with Crippen molar-refractivity contribution in [3.63, 3.8) is 0 Å². The monoisotopic (exact) mass is 360 g/mol. The molecule has 2 amide bonds. The Kier molecular flexibility index (Phi) is 3.68. The fraction of sp³-hybridized carbons (Fsp3) is 0.529. The van der Waals surface area contributed by atoms with E-state index in [1.807, 2.05) is 28.2 Å². The van der Waals surface area contributed by atoms with E-state index >= 15 is 0 Å². The van der Waals surface area contributed by atoms with E-state index in [9.17, 15) is 9.59 Å². The van der Waals surface area contributed by atoms with Crippen molar-refractivity contribution in [1.29, 1.82) is 0 Å². The van der Waals surface area contributed by atoms with Crippen LogP contribution in [0, 0.1) is 19.3 Å². The van der Waals surface area contributed by atoms with Gasteiger partial charge < -0.3 is 14.3 Å². The minimum Gasteiger partial charge on any atom is -0.341 e. The van der Waals surface area contributed by atoms with Crippen LogP contribution >= 0.6 is 11.3 Å². The van der Waals surface area contributed by atoms with Gasteiger partial charge in [0.2, 0.25) is 11.8 Å². The summed E-state index contributed by atoms with van der Waals surface area (Å²) in [5.41, 5.74) is 0.822. The largest absolute Gasteiger partial charge is 0.341 e. The van der Waals surface area contributed by atoms with Crippen LogP contribution in [0.3, 0.4) is 0 Å². The maximum Gasteiger partial charge on any atom is 0.264 e. The molecule has 0 saturated carbocycles. The summed E-state index contributed by atoms with van der Waals surface area (Å²) in [6.45, 7) is 7.73. The Bertz CT molecular complexity index is 837. The molecule has 25 heavy (non-hydrogen) atoms.